The van der Waals surface area contributed by atoms with Crippen molar-refractivity contribution in [1.29, 1.82) is 5.26 Å². The number of anilines is 2. The third-order valence-corrected chi connectivity index (χ3v) is 9.60. The maximum atomic E-state index is 9.96. The first-order valence-corrected chi connectivity index (χ1v) is 16.0. The second-order valence-corrected chi connectivity index (χ2v) is 12.1. The van der Waals surface area contributed by atoms with E-state index in [0.29, 0.717) is 11.5 Å². The van der Waals surface area contributed by atoms with Crippen molar-refractivity contribution < 1.29 is 5.11 Å². The van der Waals surface area contributed by atoms with E-state index in [1.165, 1.54) is 12.0 Å². The Morgan fingerprint density at radius 3 is 2.61 bits per heavy atom. The molecular weight excluding hydrogens is 551 g/mol. The molecule has 5 rings (SSSR count). The zero-order valence-electron chi connectivity index (χ0n) is 23.3. The molecule has 0 atom stereocenters. The van der Waals surface area contributed by atoms with Gasteiger partial charge in [0.15, 0.2) is 0 Å². The Balaban J connectivity index is 1.23. The highest BCUT2D eigenvalue weighted by atomic mass is 32.2. The molecule has 10 heteroatoms. The van der Waals surface area contributed by atoms with Crippen molar-refractivity contribution >= 4 is 34.7 Å². The van der Waals surface area contributed by atoms with Crippen LogP contribution in [0.4, 0.5) is 11.6 Å². The van der Waals surface area contributed by atoms with Crippen molar-refractivity contribution in [2.75, 3.05) is 57.4 Å². The molecule has 2 N–H and O–H groups in total. The number of aliphatic hydroxyl groups is 1. The lowest BCUT2D eigenvalue weighted by atomic mass is 10.0. The Kier molecular flexibility index (Phi) is 10.3. The first-order chi connectivity index (χ1) is 20.2. The van der Waals surface area contributed by atoms with E-state index in [0.717, 1.165) is 83.7 Å². The van der Waals surface area contributed by atoms with Gasteiger partial charge >= 0.3 is 0 Å². The molecule has 0 aliphatic carbocycles. The Hall–Kier alpha value is -3.33. The van der Waals surface area contributed by atoms with Crippen LogP contribution in [-0.2, 0) is 6.42 Å². The number of nitrogens with zero attached hydrogens (tertiary/aromatic N) is 6. The van der Waals surface area contributed by atoms with E-state index in [4.69, 9.17) is 10.1 Å². The van der Waals surface area contributed by atoms with Gasteiger partial charge in [-0.05, 0) is 61.9 Å². The minimum Gasteiger partial charge on any atom is -0.395 e. The number of benzene rings is 1. The Morgan fingerprint density at radius 1 is 1.05 bits per heavy atom. The molecule has 8 nitrogen and oxygen atoms in total. The summed E-state index contributed by atoms with van der Waals surface area (Å²) in [5.74, 6) is 0.523. The molecule has 4 aromatic rings. The molecule has 1 aromatic carbocycles. The fourth-order valence-electron chi connectivity index (χ4n) is 5.14. The quantitative estimate of drug-likeness (QED) is 0.164. The second-order valence-electron chi connectivity index (χ2n) is 9.98. The summed E-state index contributed by atoms with van der Waals surface area (Å²) in [6.07, 6.45) is 10.6. The van der Waals surface area contributed by atoms with E-state index in [9.17, 15) is 5.26 Å². The highest BCUT2D eigenvalue weighted by molar-refractivity contribution is 8.00. The fraction of sp³-hybridized carbons (Fsp3) is 0.355. The minimum absolute atomic E-state index is 0.245. The number of thioether (sulfide) groups is 1. The Bertz CT molecular complexity index is 1460. The molecule has 0 amide bonds. The average molecular weight is 586 g/mol. The molecule has 0 unspecified atom stereocenters. The van der Waals surface area contributed by atoms with Crippen molar-refractivity contribution in [3.05, 3.63) is 72.2 Å². The summed E-state index contributed by atoms with van der Waals surface area (Å²) in [5.41, 5.74) is 5.46. The number of thiophene rings is 1. The van der Waals surface area contributed by atoms with Gasteiger partial charge in [0.1, 0.15) is 6.07 Å². The lowest BCUT2D eigenvalue weighted by Crippen LogP contribution is -2.47. The van der Waals surface area contributed by atoms with Crippen LogP contribution < -0.4 is 5.32 Å². The molecule has 1 aliphatic rings. The van der Waals surface area contributed by atoms with E-state index < -0.39 is 0 Å². The summed E-state index contributed by atoms with van der Waals surface area (Å²) in [7, 11) is 0. The van der Waals surface area contributed by atoms with Gasteiger partial charge in [0, 0.05) is 68.1 Å². The number of nitrogens with one attached hydrogen (secondary N) is 1. The lowest BCUT2D eigenvalue weighted by Gasteiger charge is -2.34. The van der Waals surface area contributed by atoms with Gasteiger partial charge in [-0.1, -0.05) is 18.2 Å². The van der Waals surface area contributed by atoms with Crippen LogP contribution in [0.2, 0.25) is 0 Å². The molecule has 0 saturated carbocycles. The highest BCUT2D eigenvalue weighted by Gasteiger charge is 2.22. The van der Waals surface area contributed by atoms with Crippen LogP contribution in [0.5, 0.6) is 0 Å². The van der Waals surface area contributed by atoms with Crippen LogP contribution >= 0.6 is 23.1 Å². The summed E-state index contributed by atoms with van der Waals surface area (Å²) in [6.45, 7) is 6.43. The van der Waals surface area contributed by atoms with Gasteiger partial charge < -0.3 is 15.3 Å². The predicted octanol–water partition coefficient (Wildman–Crippen LogP) is 5.54. The summed E-state index contributed by atoms with van der Waals surface area (Å²) in [6, 6.07) is 16.6. The number of aromatic nitrogens is 3. The number of hydrogen-bond acceptors (Lipinski definition) is 10. The first-order valence-electron chi connectivity index (χ1n) is 13.9. The largest absolute Gasteiger partial charge is 0.395 e. The third kappa shape index (κ3) is 7.50. The number of nitriles is 1. The number of unbranched alkanes of at least 4 members (excludes halogenated alkanes) is 1. The van der Waals surface area contributed by atoms with Crippen molar-refractivity contribution in [1.82, 2.24) is 24.8 Å². The molecule has 0 radical (unpaired) electrons. The van der Waals surface area contributed by atoms with Crippen LogP contribution in [0.1, 0.15) is 24.0 Å². The molecule has 0 spiro atoms. The van der Waals surface area contributed by atoms with Crippen molar-refractivity contribution in [3.8, 4) is 27.8 Å². The van der Waals surface area contributed by atoms with Gasteiger partial charge in [0.25, 0.3) is 0 Å². The number of hydrogen-bond donors (Lipinski definition) is 2. The zero-order chi connectivity index (χ0) is 28.4. The summed E-state index contributed by atoms with van der Waals surface area (Å²) >= 11 is 3.15. The molecule has 212 valence electrons. The van der Waals surface area contributed by atoms with Gasteiger partial charge in [-0.15, -0.1) is 23.1 Å². The number of aliphatic hydroxyl groups excluding tert-OH is 1. The van der Waals surface area contributed by atoms with Crippen LogP contribution in [-0.4, -0.2) is 82.0 Å². The lowest BCUT2D eigenvalue weighted by molar-refractivity contribution is 0.111. The summed E-state index contributed by atoms with van der Waals surface area (Å²) in [4.78, 5) is 19.4. The van der Waals surface area contributed by atoms with Crippen molar-refractivity contribution in [2.45, 2.75) is 23.5 Å². The van der Waals surface area contributed by atoms with Crippen LogP contribution in [0, 0.1) is 11.3 Å². The number of piperazine rings is 1. The number of β-amino-alcohol motifs (C(OH)–C–C–N with tert-alkyl or cyclic N) is 1. The Labute approximate surface area is 250 Å². The summed E-state index contributed by atoms with van der Waals surface area (Å²) in [5, 5.41) is 22.5. The molecule has 0 bridgehead atoms. The maximum absolute atomic E-state index is 9.96. The van der Waals surface area contributed by atoms with Crippen LogP contribution in [0.15, 0.2) is 65.3 Å². The molecule has 1 fully saturated rings. The van der Waals surface area contributed by atoms with E-state index in [1.54, 1.807) is 41.7 Å². The third-order valence-electron chi connectivity index (χ3n) is 7.27. The molecule has 1 aliphatic heterocycles. The standard InChI is InChI=1S/C31H35N7OS2/c1-40-30-26(21-32)28(24-8-5-11-33-22-24)29(41-30)27-10-12-34-31(36-27)35-25-9-4-7-23(20-25)6-2-3-13-37-14-16-38(17-15-37)18-19-39/h4-5,7-12,20,22,39H,2-3,6,13-19H2,1H3,(H,34,35,36). The van der Waals surface area contributed by atoms with Crippen LogP contribution in [0.25, 0.3) is 21.7 Å². The van der Waals surface area contributed by atoms with Gasteiger partial charge in [-0.3, -0.25) is 9.88 Å². The predicted molar refractivity (Wildman–Crippen MR) is 168 cm³/mol. The fourth-order valence-corrected chi connectivity index (χ4v) is 7.05. The molecule has 1 saturated heterocycles. The molecule has 3 aromatic heterocycles. The van der Waals surface area contributed by atoms with Gasteiger partial charge in [0.2, 0.25) is 5.95 Å². The van der Waals surface area contributed by atoms with E-state index in [1.807, 2.05) is 30.5 Å². The second kappa shape index (κ2) is 14.5. The van der Waals surface area contributed by atoms with Crippen molar-refractivity contribution in [3.63, 3.8) is 0 Å². The Morgan fingerprint density at radius 2 is 1.88 bits per heavy atom. The monoisotopic (exact) mass is 585 g/mol. The average Bonchev–Trinajstić information content (AvgIpc) is 3.40. The van der Waals surface area contributed by atoms with Gasteiger partial charge in [-0.2, -0.15) is 5.26 Å². The first kappa shape index (κ1) is 29.2. The minimum atomic E-state index is 0.245. The van der Waals surface area contributed by atoms with Gasteiger partial charge in [-0.25, -0.2) is 9.97 Å². The number of aryl methyl sites for hydroxylation is 1. The van der Waals surface area contributed by atoms with E-state index in [-0.39, 0.29) is 6.61 Å². The SMILES string of the molecule is CSc1sc(-c2ccnc(Nc3cccc(CCCCN4CCN(CCO)CC4)c3)n2)c(-c2cccnc2)c1C#N. The van der Waals surface area contributed by atoms with Gasteiger partial charge in [0.05, 0.1) is 27.0 Å². The van der Waals surface area contributed by atoms with Crippen molar-refractivity contribution in [2.24, 2.45) is 0 Å². The number of rotatable bonds is 12. The maximum Gasteiger partial charge on any atom is 0.227 e. The van der Waals surface area contributed by atoms with Crippen LogP contribution in [0.3, 0.4) is 0 Å². The smallest absolute Gasteiger partial charge is 0.227 e. The highest BCUT2D eigenvalue weighted by Crippen LogP contribution is 2.45. The molecule has 4 heterocycles. The topological polar surface area (TPSA) is 101 Å². The molecular formula is C31H35N7OS2. The van der Waals surface area contributed by atoms with E-state index >= 15 is 0 Å². The zero-order valence-corrected chi connectivity index (χ0v) is 24.9. The number of pyridine rings is 1. The summed E-state index contributed by atoms with van der Waals surface area (Å²) < 4.78 is 0.964. The molecule has 41 heavy (non-hydrogen) atoms. The van der Waals surface area contributed by atoms with E-state index in [2.05, 4.69) is 49.4 Å². The normalized spacial score (nSPS) is 14.2.